The maximum Gasteiger partial charge on any atom is 0.261 e. The second-order valence-corrected chi connectivity index (χ2v) is 8.39. The first-order valence-electron chi connectivity index (χ1n) is 9.53. The SMILES string of the molecule is CN1C2CCC1CN(C(=O)c1ccc(CNC(=O)c3cccs3)cc1)CC2. The molecule has 142 valence electrons. The Morgan fingerprint density at radius 2 is 1.89 bits per heavy atom. The number of fused-ring (bicyclic) bond motifs is 2. The molecule has 0 saturated carbocycles. The Morgan fingerprint density at radius 1 is 1.11 bits per heavy atom. The van der Waals surface area contributed by atoms with Gasteiger partial charge in [-0.1, -0.05) is 18.2 Å². The summed E-state index contributed by atoms with van der Waals surface area (Å²) >= 11 is 1.43. The smallest absolute Gasteiger partial charge is 0.261 e. The van der Waals surface area contributed by atoms with Crippen molar-refractivity contribution in [2.24, 2.45) is 0 Å². The summed E-state index contributed by atoms with van der Waals surface area (Å²) < 4.78 is 0. The molecule has 2 aliphatic heterocycles. The summed E-state index contributed by atoms with van der Waals surface area (Å²) in [4.78, 5) is 30.1. The molecule has 2 fully saturated rings. The predicted molar refractivity (Wildman–Crippen MR) is 107 cm³/mol. The van der Waals surface area contributed by atoms with Crippen LogP contribution >= 0.6 is 11.3 Å². The van der Waals surface area contributed by atoms with Crippen LogP contribution in [-0.4, -0.2) is 53.8 Å². The van der Waals surface area contributed by atoms with Crippen LogP contribution in [0.15, 0.2) is 41.8 Å². The fourth-order valence-corrected chi connectivity index (χ4v) is 4.76. The molecule has 1 aromatic heterocycles. The van der Waals surface area contributed by atoms with Gasteiger partial charge in [0.1, 0.15) is 0 Å². The van der Waals surface area contributed by atoms with Gasteiger partial charge in [-0.15, -0.1) is 11.3 Å². The maximum atomic E-state index is 12.9. The van der Waals surface area contributed by atoms with Gasteiger partial charge in [0.05, 0.1) is 4.88 Å². The van der Waals surface area contributed by atoms with Crippen LogP contribution in [0.5, 0.6) is 0 Å². The predicted octanol–water partition coefficient (Wildman–Crippen LogP) is 2.99. The second kappa shape index (κ2) is 7.82. The summed E-state index contributed by atoms with van der Waals surface area (Å²) in [6.45, 7) is 2.12. The van der Waals surface area contributed by atoms with E-state index < -0.39 is 0 Å². The molecule has 27 heavy (non-hydrogen) atoms. The Bertz CT molecular complexity index is 803. The number of thiophene rings is 1. The average Bonchev–Trinajstić information content (AvgIpc) is 3.28. The lowest BCUT2D eigenvalue weighted by Crippen LogP contribution is -2.39. The minimum Gasteiger partial charge on any atom is -0.347 e. The van der Waals surface area contributed by atoms with Gasteiger partial charge in [-0.05, 0) is 55.5 Å². The minimum absolute atomic E-state index is 0.0612. The van der Waals surface area contributed by atoms with Crippen LogP contribution < -0.4 is 5.32 Å². The summed E-state index contributed by atoms with van der Waals surface area (Å²) in [5.74, 6) is 0.0546. The number of benzene rings is 1. The highest BCUT2D eigenvalue weighted by molar-refractivity contribution is 7.12. The normalized spacial score (nSPS) is 22.5. The number of likely N-dealkylation sites (N-methyl/N-ethyl adjacent to an activating group) is 1. The van der Waals surface area contributed by atoms with E-state index in [1.165, 1.54) is 24.2 Å². The van der Waals surface area contributed by atoms with E-state index in [1.54, 1.807) is 0 Å². The lowest BCUT2D eigenvalue weighted by Gasteiger charge is -2.26. The van der Waals surface area contributed by atoms with E-state index in [9.17, 15) is 9.59 Å². The zero-order chi connectivity index (χ0) is 18.8. The summed E-state index contributed by atoms with van der Waals surface area (Å²) in [7, 11) is 2.19. The third kappa shape index (κ3) is 3.92. The van der Waals surface area contributed by atoms with Crippen LogP contribution in [-0.2, 0) is 6.54 Å². The first-order valence-corrected chi connectivity index (χ1v) is 10.4. The average molecular weight is 384 g/mol. The van der Waals surface area contributed by atoms with E-state index in [4.69, 9.17) is 0 Å². The standard InChI is InChI=1S/C21H25N3O2S/c1-23-17-8-9-18(23)14-24(11-10-17)21(26)16-6-4-15(5-7-16)13-22-20(25)19-3-2-12-27-19/h2-7,12,17-18H,8-11,13-14H2,1H3,(H,22,25). The quantitative estimate of drug-likeness (QED) is 0.883. The van der Waals surface area contributed by atoms with E-state index in [1.807, 2.05) is 46.7 Å². The van der Waals surface area contributed by atoms with Crippen molar-refractivity contribution in [1.29, 1.82) is 0 Å². The maximum absolute atomic E-state index is 12.9. The Balaban J connectivity index is 1.35. The minimum atomic E-state index is -0.0612. The molecule has 3 heterocycles. The highest BCUT2D eigenvalue weighted by Gasteiger charge is 2.36. The number of nitrogens with zero attached hydrogens (tertiary/aromatic N) is 2. The van der Waals surface area contributed by atoms with Crippen molar-refractivity contribution in [3.05, 3.63) is 57.8 Å². The van der Waals surface area contributed by atoms with Crippen molar-refractivity contribution in [3.8, 4) is 0 Å². The van der Waals surface area contributed by atoms with Gasteiger partial charge in [0.15, 0.2) is 0 Å². The zero-order valence-corrected chi connectivity index (χ0v) is 16.4. The third-order valence-corrected chi connectivity index (χ3v) is 6.70. The molecule has 2 amide bonds. The molecule has 5 nitrogen and oxygen atoms in total. The van der Waals surface area contributed by atoms with E-state index >= 15 is 0 Å². The molecule has 2 saturated heterocycles. The lowest BCUT2D eigenvalue weighted by molar-refractivity contribution is 0.0740. The molecule has 2 bridgehead atoms. The van der Waals surface area contributed by atoms with Gasteiger partial charge >= 0.3 is 0 Å². The van der Waals surface area contributed by atoms with Crippen molar-refractivity contribution in [1.82, 2.24) is 15.1 Å². The van der Waals surface area contributed by atoms with Crippen LogP contribution in [0.25, 0.3) is 0 Å². The van der Waals surface area contributed by atoms with E-state index in [0.29, 0.717) is 23.5 Å². The Labute approximate surface area is 164 Å². The van der Waals surface area contributed by atoms with Crippen LogP contribution in [0.2, 0.25) is 0 Å². The van der Waals surface area contributed by atoms with Crippen LogP contribution in [0.4, 0.5) is 0 Å². The summed E-state index contributed by atoms with van der Waals surface area (Å²) in [5, 5.41) is 4.81. The first kappa shape index (κ1) is 18.2. The summed E-state index contributed by atoms with van der Waals surface area (Å²) in [6.07, 6.45) is 3.51. The Morgan fingerprint density at radius 3 is 2.63 bits per heavy atom. The van der Waals surface area contributed by atoms with Crippen LogP contribution in [0.1, 0.15) is 44.9 Å². The zero-order valence-electron chi connectivity index (χ0n) is 15.6. The van der Waals surface area contributed by atoms with Crippen molar-refractivity contribution in [2.75, 3.05) is 20.1 Å². The summed E-state index contributed by atoms with van der Waals surface area (Å²) in [6, 6.07) is 12.4. The lowest BCUT2D eigenvalue weighted by atomic mass is 10.1. The fourth-order valence-electron chi connectivity index (χ4n) is 4.12. The molecule has 0 aliphatic carbocycles. The first-order chi connectivity index (χ1) is 13.1. The molecule has 1 aromatic carbocycles. The molecule has 4 rings (SSSR count). The number of hydrogen-bond acceptors (Lipinski definition) is 4. The van der Waals surface area contributed by atoms with Gasteiger partial charge in [-0.2, -0.15) is 0 Å². The highest BCUT2D eigenvalue weighted by Crippen LogP contribution is 2.29. The summed E-state index contributed by atoms with van der Waals surface area (Å²) in [5.41, 5.74) is 1.72. The van der Waals surface area contributed by atoms with Crippen LogP contribution in [0.3, 0.4) is 0 Å². The van der Waals surface area contributed by atoms with E-state index in [0.717, 1.165) is 30.6 Å². The van der Waals surface area contributed by atoms with Gasteiger partial charge in [-0.25, -0.2) is 0 Å². The van der Waals surface area contributed by atoms with Crippen molar-refractivity contribution in [3.63, 3.8) is 0 Å². The number of rotatable bonds is 4. The largest absolute Gasteiger partial charge is 0.347 e. The molecule has 2 aromatic rings. The van der Waals surface area contributed by atoms with Crippen molar-refractivity contribution < 1.29 is 9.59 Å². The number of carbonyl (C=O) groups excluding carboxylic acids is 2. The van der Waals surface area contributed by atoms with Gasteiger partial charge in [0, 0.05) is 37.3 Å². The number of likely N-dealkylation sites (tertiary alicyclic amines) is 1. The fraction of sp³-hybridized carbons (Fsp3) is 0.429. The Hall–Kier alpha value is -2.18. The second-order valence-electron chi connectivity index (χ2n) is 7.45. The van der Waals surface area contributed by atoms with Crippen LogP contribution in [0, 0.1) is 0 Å². The van der Waals surface area contributed by atoms with Gasteiger partial charge in [-0.3, -0.25) is 14.5 Å². The van der Waals surface area contributed by atoms with E-state index in [-0.39, 0.29) is 11.8 Å². The van der Waals surface area contributed by atoms with Gasteiger partial charge < -0.3 is 10.2 Å². The molecule has 2 unspecified atom stereocenters. The number of hydrogen-bond donors (Lipinski definition) is 1. The third-order valence-electron chi connectivity index (χ3n) is 5.83. The molecule has 0 radical (unpaired) electrons. The highest BCUT2D eigenvalue weighted by atomic mass is 32.1. The van der Waals surface area contributed by atoms with Crippen molar-refractivity contribution >= 4 is 23.2 Å². The van der Waals surface area contributed by atoms with Gasteiger partial charge in [0.2, 0.25) is 0 Å². The molecule has 0 spiro atoms. The molecule has 6 heteroatoms. The molecule has 2 atom stereocenters. The monoisotopic (exact) mass is 383 g/mol. The molecule has 1 N–H and O–H groups in total. The number of carbonyl (C=O) groups is 2. The topological polar surface area (TPSA) is 52.6 Å². The van der Waals surface area contributed by atoms with Gasteiger partial charge in [0.25, 0.3) is 11.8 Å². The molecular formula is C21H25N3O2S. The molecule has 2 aliphatic rings. The molecular weight excluding hydrogens is 358 g/mol. The number of amides is 2. The number of nitrogens with one attached hydrogen (secondary N) is 1. The van der Waals surface area contributed by atoms with E-state index in [2.05, 4.69) is 17.3 Å². The Kier molecular flexibility index (Phi) is 5.27. The van der Waals surface area contributed by atoms with Crippen molar-refractivity contribution in [2.45, 2.75) is 37.9 Å².